The van der Waals surface area contributed by atoms with Crippen LogP contribution in [0.4, 0.5) is 10.8 Å². The molecule has 0 spiro atoms. The van der Waals surface area contributed by atoms with E-state index in [0.29, 0.717) is 27.3 Å². The van der Waals surface area contributed by atoms with Crippen LogP contribution in [-0.2, 0) is 9.59 Å². The number of hydrogen-bond donors (Lipinski definition) is 1. The first kappa shape index (κ1) is 19.4. The number of hydrogen-bond acceptors (Lipinski definition) is 5. The molecule has 3 aromatic rings. The molecule has 4 rings (SSSR count). The van der Waals surface area contributed by atoms with Crippen LogP contribution >= 0.6 is 22.9 Å². The predicted octanol–water partition coefficient (Wildman–Crippen LogP) is 4.61. The third-order valence-electron chi connectivity index (χ3n) is 4.54. The molecule has 8 heteroatoms. The predicted molar refractivity (Wildman–Crippen MR) is 115 cm³/mol. The number of rotatable bonds is 5. The van der Waals surface area contributed by atoms with Crippen LogP contribution in [-0.4, -0.2) is 29.4 Å². The lowest BCUT2D eigenvalue weighted by molar-refractivity contribution is -0.125. The first-order chi connectivity index (χ1) is 14.0. The number of fused-ring (bicyclic) bond motifs is 1. The highest BCUT2D eigenvalue weighted by molar-refractivity contribution is 7.14. The SMILES string of the molecule is CC1Oc2ccccc2N(CCC(=O)Nc2nc(-c3ccccc3Cl)cs2)C1=O. The number of anilines is 2. The summed E-state index contributed by atoms with van der Waals surface area (Å²) >= 11 is 7.54. The molecule has 148 valence electrons. The second kappa shape index (κ2) is 8.23. The smallest absolute Gasteiger partial charge is 0.267 e. The molecule has 29 heavy (non-hydrogen) atoms. The first-order valence-electron chi connectivity index (χ1n) is 9.10. The number of para-hydroxylation sites is 2. The number of amides is 2. The minimum atomic E-state index is -0.579. The number of nitrogens with zero attached hydrogens (tertiary/aromatic N) is 2. The molecule has 0 fully saturated rings. The van der Waals surface area contributed by atoms with E-state index in [1.807, 2.05) is 47.8 Å². The third kappa shape index (κ3) is 4.11. The van der Waals surface area contributed by atoms with E-state index in [-0.39, 0.29) is 24.8 Å². The van der Waals surface area contributed by atoms with E-state index in [4.69, 9.17) is 16.3 Å². The lowest BCUT2D eigenvalue weighted by Gasteiger charge is -2.32. The van der Waals surface area contributed by atoms with Gasteiger partial charge < -0.3 is 15.0 Å². The van der Waals surface area contributed by atoms with Crippen molar-refractivity contribution in [3.63, 3.8) is 0 Å². The van der Waals surface area contributed by atoms with Crippen LogP contribution in [0.2, 0.25) is 5.02 Å². The van der Waals surface area contributed by atoms with Gasteiger partial charge in [-0.1, -0.05) is 41.9 Å². The van der Waals surface area contributed by atoms with Crippen molar-refractivity contribution in [3.05, 3.63) is 58.9 Å². The Morgan fingerprint density at radius 1 is 1.24 bits per heavy atom. The molecular formula is C21H18ClN3O3S. The fourth-order valence-electron chi connectivity index (χ4n) is 3.11. The number of benzene rings is 2. The number of thiazole rings is 1. The molecule has 0 saturated heterocycles. The van der Waals surface area contributed by atoms with Crippen molar-refractivity contribution in [3.8, 4) is 17.0 Å². The molecule has 1 N–H and O–H groups in total. The fraction of sp³-hybridized carbons (Fsp3) is 0.190. The number of ether oxygens (including phenoxy) is 1. The van der Waals surface area contributed by atoms with Gasteiger partial charge in [-0.25, -0.2) is 4.98 Å². The van der Waals surface area contributed by atoms with Crippen molar-refractivity contribution >= 4 is 45.6 Å². The van der Waals surface area contributed by atoms with Crippen molar-refractivity contribution in [1.29, 1.82) is 0 Å². The molecule has 0 aliphatic carbocycles. The maximum absolute atomic E-state index is 12.5. The minimum absolute atomic E-state index is 0.147. The zero-order chi connectivity index (χ0) is 20.4. The molecule has 1 aromatic heterocycles. The second-order valence-electron chi connectivity index (χ2n) is 6.53. The van der Waals surface area contributed by atoms with E-state index in [1.165, 1.54) is 11.3 Å². The molecule has 1 atom stereocenters. The zero-order valence-corrected chi connectivity index (χ0v) is 17.2. The average Bonchev–Trinajstić information content (AvgIpc) is 3.17. The molecule has 0 saturated carbocycles. The summed E-state index contributed by atoms with van der Waals surface area (Å²) in [6.07, 6.45) is -0.432. The molecule has 0 radical (unpaired) electrons. The fourth-order valence-corrected chi connectivity index (χ4v) is 4.07. The summed E-state index contributed by atoms with van der Waals surface area (Å²) in [6, 6.07) is 14.7. The Bertz CT molecular complexity index is 1070. The normalized spacial score (nSPS) is 15.6. The Balaban J connectivity index is 1.41. The molecule has 1 aliphatic heterocycles. The molecule has 2 heterocycles. The van der Waals surface area contributed by atoms with E-state index in [1.54, 1.807) is 17.9 Å². The highest BCUT2D eigenvalue weighted by Crippen LogP contribution is 2.34. The zero-order valence-electron chi connectivity index (χ0n) is 15.6. The molecule has 1 unspecified atom stereocenters. The molecule has 1 aliphatic rings. The van der Waals surface area contributed by atoms with Gasteiger partial charge in [-0.15, -0.1) is 11.3 Å². The second-order valence-corrected chi connectivity index (χ2v) is 7.80. The van der Waals surface area contributed by atoms with Gasteiger partial charge >= 0.3 is 0 Å². The Morgan fingerprint density at radius 3 is 2.83 bits per heavy atom. The topological polar surface area (TPSA) is 71.5 Å². The highest BCUT2D eigenvalue weighted by Gasteiger charge is 2.31. The molecule has 6 nitrogen and oxygen atoms in total. The van der Waals surface area contributed by atoms with Crippen LogP contribution < -0.4 is 15.0 Å². The van der Waals surface area contributed by atoms with Crippen LogP contribution in [0.25, 0.3) is 11.3 Å². The lowest BCUT2D eigenvalue weighted by atomic mass is 10.1. The summed E-state index contributed by atoms with van der Waals surface area (Å²) in [7, 11) is 0. The van der Waals surface area contributed by atoms with Gasteiger partial charge in [0.2, 0.25) is 5.91 Å². The summed E-state index contributed by atoms with van der Waals surface area (Å²) in [5, 5.41) is 5.74. The largest absolute Gasteiger partial charge is 0.479 e. The van der Waals surface area contributed by atoms with E-state index in [9.17, 15) is 9.59 Å². The van der Waals surface area contributed by atoms with E-state index >= 15 is 0 Å². The summed E-state index contributed by atoms with van der Waals surface area (Å²) in [6.45, 7) is 1.97. The monoisotopic (exact) mass is 427 g/mol. The van der Waals surface area contributed by atoms with Crippen molar-refractivity contribution in [1.82, 2.24) is 4.98 Å². The number of aromatic nitrogens is 1. The Morgan fingerprint density at radius 2 is 2.00 bits per heavy atom. The molecule has 0 bridgehead atoms. The van der Waals surface area contributed by atoms with E-state index < -0.39 is 6.10 Å². The van der Waals surface area contributed by atoms with Gasteiger partial charge in [0, 0.05) is 28.9 Å². The van der Waals surface area contributed by atoms with Gasteiger partial charge in [0.05, 0.1) is 11.4 Å². The average molecular weight is 428 g/mol. The van der Waals surface area contributed by atoms with Gasteiger partial charge in [-0.2, -0.15) is 0 Å². The van der Waals surface area contributed by atoms with Crippen LogP contribution in [0.5, 0.6) is 5.75 Å². The minimum Gasteiger partial charge on any atom is -0.479 e. The maximum Gasteiger partial charge on any atom is 0.267 e. The van der Waals surface area contributed by atoms with Crippen molar-refractivity contribution in [2.24, 2.45) is 0 Å². The van der Waals surface area contributed by atoms with Gasteiger partial charge in [-0.05, 0) is 25.1 Å². The van der Waals surface area contributed by atoms with E-state index in [2.05, 4.69) is 10.3 Å². The Labute approximate surface area is 177 Å². The Hall–Kier alpha value is -2.90. The summed E-state index contributed by atoms with van der Waals surface area (Å²) < 4.78 is 5.62. The molecule has 2 aromatic carbocycles. The van der Waals surface area contributed by atoms with Gasteiger partial charge in [-0.3, -0.25) is 9.59 Å². The number of carbonyl (C=O) groups excluding carboxylic acids is 2. The Kier molecular flexibility index (Phi) is 5.51. The number of nitrogens with one attached hydrogen (secondary N) is 1. The van der Waals surface area contributed by atoms with Crippen molar-refractivity contribution in [2.75, 3.05) is 16.8 Å². The lowest BCUT2D eigenvalue weighted by Crippen LogP contribution is -2.45. The van der Waals surface area contributed by atoms with Crippen molar-refractivity contribution in [2.45, 2.75) is 19.4 Å². The summed E-state index contributed by atoms with van der Waals surface area (Å²) in [4.78, 5) is 31.0. The van der Waals surface area contributed by atoms with Gasteiger partial charge in [0.1, 0.15) is 5.75 Å². The van der Waals surface area contributed by atoms with Crippen LogP contribution in [0.15, 0.2) is 53.9 Å². The van der Waals surface area contributed by atoms with E-state index in [0.717, 1.165) is 5.56 Å². The molecular weight excluding hydrogens is 410 g/mol. The highest BCUT2D eigenvalue weighted by atomic mass is 35.5. The van der Waals surface area contributed by atoms with Crippen LogP contribution in [0, 0.1) is 0 Å². The molecule has 2 amide bonds. The standard InChI is InChI=1S/C21H18ClN3O3S/c1-13-20(27)25(17-8-4-5-9-18(17)28-13)11-10-19(26)24-21-23-16(12-29-21)14-6-2-3-7-15(14)22/h2-9,12-13H,10-11H2,1H3,(H,23,24,26). The summed E-state index contributed by atoms with van der Waals surface area (Å²) in [5.74, 6) is 0.269. The first-order valence-corrected chi connectivity index (χ1v) is 10.4. The van der Waals surface area contributed by atoms with Crippen LogP contribution in [0.3, 0.4) is 0 Å². The maximum atomic E-state index is 12.5. The summed E-state index contributed by atoms with van der Waals surface area (Å²) in [5.41, 5.74) is 2.20. The number of carbonyl (C=O) groups is 2. The van der Waals surface area contributed by atoms with Gasteiger partial charge in [0.15, 0.2) is 11.2 Å². The van der Waals surface area contributed by atoms with Gasteiger partial charge in [0.25, 0.3) is 5.91 Å². The quantitative estimate of drug-likeness (QED) is 0.645. The van der Waals surface area contributed by atoms with Crippen LogP contribution in [0.1, 0.15) is 13.3 Å². The number of halogens is 1. The van der Waals surface area contributed by atoms with Crippen molar-refractivity contribution < 1.29 is 14.3 Å². The third-order valence-corrected chi connectivity index (χ3v) is 5.62.